The van der Waals surface area contributed by atoms with Gasteiger partial charge in [-0.25, -0.2) is 4.39 Å². The predicted molar refractivity (Wildman–Crippen MR) is 143 cm³/mol. The first-order chi connectivity index (χ1) is 17.1. The molecule has 0 bridgehead atoms. The molecule has 0 spiro atoms. The molecule has 1 unspecified atom stereocenters. The van der Waals surface area contributed by atoms with Gasteiger partial charge in [0.25, 0.3) is 0 Å². The SMILES string of the molecule is CC1(C)OB(c2ccc3c(c2)OC(c2ccc(C4CC4)s2)n2c-3c(F)c3cc(Cl)ccc32)OC1(C)C. The van der Waals surface area contributed by atoms with E-state index in [-0.39, 0.29) is 5.82 Å². The van der Waals surface area contributed by atoms with Crippen molar-refractivity contribution in [1.82, 2.24) is 4.57 Å². The highest BCUT2D eigenvalue weighted by molar-refractivity contribution is 7.12. The molecule has 0 N–H and O–H groups in total. The molecule has 184 valence electrons. The maximum absolute atomic E-state index is 16.0. The fraction of sp³-hybridized carbons (Fsp3) is 0.357. The molecule has 36 heavy (non-hydrogen) atoms. The van der Waals surface area contributed by atoms with Crippen molar-refractivity contribution in [3.05, 3.63) is 69.1 Å². The molecule has 4 heterocycles. The van der Waals surface area contributed by atoms with Crippen molar-refractivity contribution < 1.29 is 18.4 Å². The van der Waals surface area contributed by atoms with Gasteiger partial charge in [0.1, 0.15) is 5.75 Å². The highest BCUT2D eigenvalue weighted by Crippen LogP contribution is 2.49. The summed E-state index contributed by atoms with van der Waals surface area (Å²) in [6.45, 7) is 8.13. The molecule has 4 aromatic rings. The lowest BCUT2D eigenvalue weighted by Gasteiger charge is -2.32. The van der Waals surface area contributed by atoms with Gasteiger partial charge >= 0.3 is 7.12 Å². The lowest BCUT2D eigenvalue weighted by Crippen LogP contribution is -2.41. The maximum atomic E-state index is 16.0. The Bertz CT molecular complexity index is 1520. The molecule has 8 heteroatoms. The normalized spacial score (nSPS) is 21.9. The van der Waals surface area contributed by atoms with Gasteiger partial charge in [-0.2, -0.15) is 0 Å². The van der Waals surface area contributed by atoms with E-state index in [1.165, 1.54) is 17.7 Å². The topological polar surface area (TPSA) is 32.6 Å². The lowest BCUT2D eigenvalue weighted by molar-refractivity contribution is 0.00578. The summed E-state index contributed by atoms with van der Waals surface area (Å²) >= 11 is 8.01. The van der Waals surface area contributed by atoms with Crippen LogP contribution in [0.1, 0.15) is 62.4 Å². The Hall–Kier alpha value is -2.32. The number of hydrogen-bond acceptors (Lipinski definition) is 4. The summed E-state index contributed by atoms with van der Waals surface area (Å²) in [7, 11) is -0.526. The Balaban J connectivity index is 1.39. The van der Waals surface area contributed by atoms with Crippen LogP contribution in [0, 0.1) is 5.82 Å². The van der Waals surface area contributed by atoms with Gasteiger partial charge < -0.3 is 14.0 Å². The van der Waals surface area contributed by atoms with Crippen LogP contribution in [0.5, 0.6) is 5.75 Å². The smallest absolute Gasteiger partial charge is 0.464 e. The second-order valence-electron chi connectivity index (χ2n) is 11.0. The molecule has 2 fully saturated rings. The molecule has 1 saturated heterocycles. The molecular formula is C28H26BClFNO3S. The average Bonchev–Trinajstić information content (AvgIpc) is 3.43. The van der Waals surface area contributed by atoms with E-state index in [1.54, 1.807) is 23.5 Å². The largest absolute Gasteiger partial charge is 0.494 e. The summed E-state index contributed by atoms with van der Waals surface area (Å²) in [6.07, 6.45) is 1.99. The minimum absolute atomic E-state index is 0.288. The van der Waals surface area contributed by atoms with E-state index in [4.69, 9.17) is 25.6 Å². The fourth-order valence-corrected chi connectivity index (χ4v) is 6.52. The monoisotopic (exact) mass is 521 g/mol. The minimum Gasteiger partial charge on any atom is -0.464 e. The third-order valence-corrected chi connectivity index (χ3v) is 9.55. The standard InChI is InChI=1S/C28H26BClFNO3S/c1-27(2)28(3,4)35-29(34-27)16-7-9-18-21(13-16)33-26(23-12-11-22(36-23)15-5-6-15)32-20-10-8-17(30)14-19(20)24(31)25(18)32/h7-15,26H,5-6H2,1-4H3. The number of ether oxygens (including phenoxy) is 1. The number of thiophene rings is 1. The zero-order chi connectivity index (χ0) is 25.0. The zero-order valence-electron chi connectivity index (χ0n) is 20.6. The third-order valence-electron chi connectivity index (χ3n) is 8.03. The number of rotatable bonds is 3. The van der Waals surface area contributed by atoms with E-state index in [2.05, 4.69) is 12.1 Å². The fourth-order valence-electron chi connectivity index (χ4n) is 5.14. The van der Waals surface area contributed by atoms with Gasteiger partial charge in [-0.05, 0) is 94.4 Å². The maximum Gasteiger partial charge on any atom is 0.494 e. The molecular weight excluding hydrogens is 496 g/mol. The summed E-state index contributed by atoms with van der Waals surface area (Å²) in [5.74, 6) is 0.976. The number of halogens is 2. The van der Waals surface area contributed by atoms with Crippen molar-refractivity contribution in [3.63, 3.8) is 0 Å². The molecule has 2 aliphatic heterocycles. The lowest BCUT2D eigenvalue weighted by atomic mass is 9.78. The van der Waals surface area contributed by atoms with Crippen LogP contribution in [0.25, 0.3) is 22.2 Å². The number of benzene rings is 2. The van der Waals surface area contributed by atoms with Crippen LogP contribution in [0.15, 0.2) is 48.5 Å². The minimum atomic E-state index is -0.526. The van der Waals surface area contributed by atoms with Crippen LogP contribution in [-0.4, -0.2) is 22.9 Å². The van der Waals surface area contributed by atoms with Gasteiger partial charge in [0.15, 0.2) is 5.82 Å². The Morgan fingerprint density at radius 2 is 1.69 bits per heavy atom. The summed E-state index contributed by atoms with van der Waals surface area (Å²) in [6, 6.07) is 15.5. The first-order valence-electron chi connectivity index (χ1n) is 12.4. The van der Waals surface area contributed by atoms with Crippen molar-refractivity contribution in [2.75, 3.05) is 0 Å². The number of fused-ring (bicyclic) bond motifs is 5. The number of aromatic nitrogens is 1. The van der Waals surface area contributed by atoms with Crippen molar-refractivity contribution in [2.24, 2.45) is 0 Å². The molecule has 1 aliphatic carbocycles. The van der Waals surface area contributed by atoms with Gasteiger partial charge in [-0.3, -0.25) is 4.57 Å². The third kappa shape index (κ3) is 3.33. The highest BCUT2D eigenvalue weighted by atomic mass is 35.5. The van der Waals surface area contributed by atoms with E-state index in [0.29, 0.717) is 33.3 Å². The summed E-state index contributed by atoms with van der Waals surface area (Å²) < 4.78 is 37.2. The molecule has 1 saturated carbocycles. The van der Waals surface area contributed by atoms with E-state index in [0.717, 1.165) is 15.9 Å². The first kappa shape index (κ1) is 22.8. The van der Waals surface area contributed by atoms with Crippen molar-refractivity contribution in [3.8, 4) is 17.0 Å². The summed E-state index contributed by atoms with van der Waals surface area (Å²) in [5.41, 5.74) is 1.93. The molecule has 0 radical (unpaired) electrons. The van der Waals surface area contributed by atoms with Crippen LogP contribution in [0.4, 0.5) is 4.39 Å². The molecule has 1 atom stereocenters. The Labute approximate surface area is 219 Å². The van der Waals surface area contributed by atoms with E-state index < -0.39 is 24.5 Å². The Kier molecular flexibility index (Phi) is 4.83. The van der Waals surface area contributed by atoms with Crippen LogP contribution >= 0.6 is 22.9 Å². The molecule has 0 amide bonds. The highest BCUT2D eigenvalue weighted by Gasteiger charge is 2.52. The van der Waals surface area contributed by atoms with E-state index >= 15 is 4.39 Å². The van der Waals surface area contributed by atoms with Gasteiger partial charge in [-0.15, -0.1) is 11.3 Å². The van der Waals surface area contributed by atoms with Crippen molar-refractivity contribution in [1.29, 1.82) is 0 Å². The average molecular weight is 522 g/mol. The Morgan fingerprint density at radius 1 is 0.972 bits per heavy atom. The summed E-state index contributed by atoms with van der Waals surface area (Å²) in [5, 5.41) is 0.998. The summed E-state index contributed by atoms with van der Waals surface area (Å²) in [4.78, 5) is 2.42. The molecule has 3 aliphatic rings. The second kappa shape index (κ2) is 7.61. The predicted octanol–water partition coefficient (Wildman–Crippen LogP) is 7.28. The molecule has 2 aromatic heterocycles. The van der Waals surface area contributed by atoms with Gasteiger partial charge in [0, 0.05) is 20.8 Å². The van der Waals surface area contributed by atoms with E-state index in [9.17, 15) is 0 Å². The number of nitrogens with zero attached hydrogens (tertiary/aromatic N) is 1. The van der Waals surface area contributed by atoms with Crippen LogP contribution < -0.4 is 10.2 Å². The van der Waals surface area contributed by atoms with Crippen LogP contribution in [0.2, 0.25) is 5.02 Å². The first-order valence-corrected chi connectivity index (χ1v) is 13.6. The molecule has 4 nitrogen and oxygen atoms in total. The van der Waals surface area contributed by atoms with E-state index in [1.807, 2.05) is 56.5 Å². The van der Waals surface area contributed by atoms with Crippen LogP contribution in [-0.2, 0) is 9.31 Å². The number of hydrogen-bond donors (Lipinski definition) is 0. The quantitative estimate of drug-likeness (QED) is 0.266. The van der Waals surface area contributed by atoms with Gasteiger partial charge in [-0.1, -0.05) is 17.7 Å². The second-order valence-corrected chi connectivity index (χ2v) is 12.6. The van der Waals surface area contributed by atoms with Crippen LogP contribution in [0.3, 0.4) is 0 Å². The zero-order valence-corrected chi connectivity index (χ0v) is 22.2. The van der Waals surface area contributed by atoms with Gasteiger partial charge in [0.2, 0.25) is 6.23 Å². The van der Waals surface area contributed by atoms with Gasteiger partial charge in [0.05, 0.1) is 27.3 Å². The van der Waals surface area contributed by atoms with Crippen molar-refractivity contribution >= 4 is 46.4 Å². The molecule has 7 rings (SSSR count). The Morgan fingerprint density at radius 3 is 2.42 bits per heavy atom. The molecule has 2 aromatic carbocycles. The van der Waals surface area contributed by atoms with Crippen molar-refractivity contribution in [2.45, 2.75) is 63.9 Å².